The Labute approximate surface area is 157 Å². The Morgan fingerprint density at radius 2 is 0.800 bits per heavy atom. The molecule has 0 spiro atoms. The maximum Gasteiger partial charge on any atom is 4.00 e. The molecular formula is C14H2F6O4Zr-8. The molecule has 2 aromatic rings. The second-order valence-corrected chi connectivity index (χ2v) is 2.94. The molecule has 0 unspecified atom stereocenters. The van der Waals surface area contributed by atoms with Crippen molar-refractivity contribution in [2.24, 2.45) is 0 Å². The van der Waals surface area contributed by atoms with Crippen LogP contribution in [0.2, 0.25) is 0 Å². The first-order valence-corrected chi connectivity index (χ1v) is 5.11. The average Bonchev–Trinajstić information content (AvgIpc) is 3.16. The van der Waals surface area contributed by atoms with Gasteiger partial charge in [0.1, 0.15) is 11.9 Å². The minimum Gasteiger partial charge on any atom is -0.999 e. The predicted octanol–water partition coefficient (Wildman–Crippen LogP) is -0.193. The van der Waals surface area contributed by atoms with Crippen LogP contribution in [0.3, 0.4) is 0 Å². The molecule has 136 valence electrons. The van der Waals surface area contributed by atoms with Crippen LogP contribution in [-0.4, -0.2) is 24.3 Å². The first kappa shape index (κ1) is 27.9. The number of halogens is 6. The van der Waals surface area contributed by atoms with Crippen LogP contribution in [0.25, 0.3) is 0 Å². The zero-order chi connectivity index (χ0) is 19.2. The minimum absolute atomic E-state index is 0. The van der Waals surface area contributed by atoms with Gasteiger partial charge in [-0.2, -0.15) is 26.3 Å². The SMILES string of the molecule is O=C([O-])C(F)(F)F.O=C([O-])C(F)(F)F.[Zr+4].[c-]1[c-][c-][cH-][c-]1.[c-]1[c-][c-][cH-][c-]1. The van der Waals surface area contributed by atoms with Gasteiger partial charge in [0.2, 0.25) is 0 Å². The third kappa shape index (κ3) is 22.1. The summed E-state index contributed by atoms with van der Waals surface area (Å²) < 4.78 is 63.1. The first-order chi connectivity index (χ1) is 10.9. The van der Waals surface area contributed by atoms with E-state index in [-0.39, 0.29) is 26.2 Å². The molecule has 0 aliphatic rings. The third-order valence-electron chi connectivity index (χ3n) is 1.17. The number of aliphatic carboxylic acids is 2. The quantitative estimate of drug-likeness (QED) is 0.421. The number of carboxylic acids is 2. The van der Waals surface area contributed by atoms with E-state index in [0.29, 0.717) is 0 Å². The summed E-state index contributed by atoms with van der Waals surface area (Å²) in [6.07, 6.45) is -10.4. The van der Waals surface area contributed by atoms with Gasteiger partial charge in [-0.3, -0.25) is 0 Å². The van der Waals surface area contributed by atoms with Gasteiger partial charge in [0.15, 0.2) is 0 Å². The summed E-state index contributed by atoms with van der Waals surface area (Å²) >= 11 is 0. The van der Waals surface area contributed by atoms with Gasteiger partial charge in [-0.15, -0.1) is 0 Å². The van der Waals surface area contributed by atoms with Crippen LogP contribution in [0.15, 0.2) is 12.1 Å². The molecule has 4 nitrogen and oxygen atoms in total. The van der Waals surface area contributed by atoms with Gasteiger partial charge in [-0.1, -0.05) is 0 Å². The number of hydrogen-bond acceptors (Lipinski definition) is 4. The summed E-state index contributed by atoms with van der Waals surface area (Å²) in [5.41, 5.74) is 0. The van der Waals surface area contributed by atoms with Crippen LogP contribution in [0.4, 0.5) is 26.3 Å². The molecule has 0 atom stereocenters. The largest absolute Gasteiger partial charge is 4.00 e. The van der Waals surface area contributed by atoms with Crippen molar-refractivity contribution in [2.75, 3.05) is 0 Å². The molecular weight excluding hydrogens is 437 g/mol. The Bertz CT molecular complexity index is 448. The fourth-order valence-electron chi connectivity index (χ4n) is 0.361. The Kier molecular flexibility index (Phi) is 16.1. The van der Waals surface area contributed by atoms with Gasteiger partial charge in [-0.25, -0.2) is 0 Å². The van der Waals surface area contributed by atoms with E-state index in [2.05, 4.69) is 48.5 Å². The Balaban J connectivity index is -0.000000257. The van der Waals surface area contributed by atoms with E-state index in [0.717, 1.165) is 0 Å². The molecule has 0 bridgehead atoms. The standard InChI is InChI=1S/2C5H.2C2HF3O2.Zr/c2*1-2-4-5-3-1;2*3-2(4,5)1(6)7;/h2*1H;2*(H,6,7);/q2*-5;;;+4/p-2. The molecule has 0 fully saturated rings. The van der Waals surface area contributed by atoms with Crippen molar-refractivity contribution in [2.45, 2.75) is 12.4 Å². The molecule has 11 heteroatoms. The molecule has 0 aliphatic carbocycles. The molecule has 0 saturated carbocycles. The summed E-state index contributed by atoms with van der Waals surface area (Å²) in [6, 6.07) is 24.0. The summed E-state index contributed by atoms with van der Waals surface area (Å²) in [5, 5.41) is 17.6. The number of carboxylic acid groups (broad SMARTS) is 2. The minimum atomic E-state index is -5.19. The van der Waals surface area contributed by atoms with Gasteiger partial charge in [-0.05, 0) is 0 Å². The van der Waals surface area contributed by atoms with Crippen LogP contribution >= 0.6 is 0 Å². The van der Waals surface area contributed by atoms with Crippen molar-refractivity contribution < 1.29 is 72.3 Å². The molecule has 0 N–H and O–H groups in total. The summed E-state index contributed by atoms with van der Waals surface area (Å²) in [4.78, 5) is 17.6. The van der Waals surface area contributed by atoms with E-state index >= 15 is 0 Å². The smallest absolute Gasteiger partial charge is 0.999 e. The Morgan fingerprint density at radius 3 is 0.840 bits per heavy atom. The van der Waals surface area contributed by atoms with E-state index in [1.807, 2.05) is 0 Å². The van der Waals surface area contributed by atoms with Crippen LogP contribution < -0.4 is 10.2 Å². The van der Waals surface area contributed by atoms with Crippen LogP contribution in [0.1, 0.15) is 0 Å². The van der Waals surface area contributed by atoms with Crippen molar-refractivity contribution >= 4 is 11.9 Å². The van der Waals surface area contributed by atoms with Crippen molar-refractivity contribution in [3.63, 3.8) is 0 Å². The maximum absolute atomic E-state index is 10.5. The molecule has 0 saturated heterocycles. The Morgan fingerprint density at radius 1 is 0.640 bits per heavy atom. The van der Waals surface area contributed by atoms with Gasteiger partial charge in [0.25, 0.3) is 0 Å². The molecule has 0 radical (unpaired) electrons. The number of alkyl halides is 6. The van der Waals surface area contributed by atoms with Crippen molar-refractivity contribution in [3.05, 3.63) is 60.7 Å². The molecule has 0 heterocycles. The molecule has 2 rings (SSSR count). The zero-order valence-corrected chi connectivity index (χ0v) is 14.0. The van der Waals surface area contributed by atoms with Crippen LogP contribution in [0, 0.1) is 48.5 Å². The number of carbonyl (C=O) groups excluding carboxylic acids is 2. The van der Waals surface area contributed by atoms with Crippen molar-refractivity contribution in [3.8, 4) is 0 Å². The molecule has 2 aromatic carbocycles. The third-order valence-corrected chi connectivity index (χ3v) is 1.17. The fraction of sp³-hybridized carbons (Fsp3) is 0.143. The number of hydrogen-bond donors (Lipinski definition) is 0. The van der Waals surface area contributed by atoms with Gasteiger partial charge < -0.3 is 80.5 Å². The topological polar surface area (TPSA) is 80.3 Å². The van der Waals surface area contributed by atoms with Crippen LogP contribution in [-0.2, 0) is 35.8 Å². The van der Waals surface area contributed by atoms with Gasteiger partial charge >= 0.3 is 38.6 Å². The summed E-state index contributed by atoms with van der Waals surface area (Å²) in [5.74, 6) is -6.01. The number of rotatable bonds is 0. The maximum atomic E-state index is 10.5. The molecule has 25 heavy (non-hydrogen) atoms. The summed E-state index contributed by atoms with van der Waals surface area (Å²) in [7, 11) is 0. The second kappa shape index (κ2) is 14.4. The number of carbonyl (C=O) groups is 2. The predicted molar refractivity (Wildman–Crippen MR) is 56.9 cm³/mol. The second-order valence-electron chi connectivity index (χ2n) is 2.94. The van der Waals surface area contributed by atoms with E-state index < -0.39 is 24.3 Å². The van der Waals surface area contributed by atoms with E-state index in [4.69, 9.17) is 19.8 Å². The zero-order valence-electron chi connectivity index (χ0n) is 11.6. The van der Waals surface area contributed by atoms with E-state index in [1.54, 1.807) is 12.1 Å². The van der Waals surface area contributed by atoms with E-state index in [1.165, 1.54) is 0 Å². The normalized spacial score (nSPS) is 9.52. The average molecular weight is 439 g/mol. The van der Waals surface area contributed by atoms with Crippen LogP contribution in [0.5, 0.6) is 0 Å². The Hall–Kier alpha value is -1.90. The van der Waals surface area contributed by atoms with Gasteiger partial charge in [0.05, 0.1) is 0 Å². The molecule has 0 aliphatic heterocycles. The molecule has 0 aromatic heterocycles. The van der Waals surface area contributed by atoms with Gasteiger partial charge in [0, 0.05) is 0 Å². The first-order valence-electron chi connectivity index (χ1n) is 5.11. The fourth-order valence-corrected chi connectivity index (χ4v) is 0.361. The molecule has 0 amide bonds. The van der Waals surface area contributed by atoms with Crippen molar-refractivity contribution in [1.82, 2.24) is 0 Å². The summed E-state index contributed by atoms with van der Waals surface area (Å²) in [6.45, 7) is 0. The van der Waals surface area contributed by atoms with Crippen molar-refractivity contribution in [1.29, 1.82) is 0 Å². The van der Waals surface area contributed by atoms with E-state index in [9.17, 15) is 26.3 Å². The monoisotopic (exact) mass is 438 g/mol.